The van der Waals surface area contributed by atoms with Crippen molar-refractivity contribution in [2.24, 2.45) is 5.40 Å². The minimum atomic E-state index is -0.320. The van der Waals surface area contributed by atoms with E-state index in [1.54, 1.807) is 0 Å². The number of hydrogen-bond donors (Lipinski definition) is 1. The number of rotatable bonds is 2. The van der Waals surface area contributed by atoms with Crippen LogP contribution in [0.1, 0.15) is 6.42 Å². The van der Waals surface area contributed by atoms with E-state index in [0.717, 1.165) is 6.04 Å². The molecule has 0 atom stereocenters. The summed E-state index contributed by atoms with van der Waals surface area (Å²) in [5.41, 5.74) is 0. The summed E-state index contributed by atoms with van der Waals surface area (Å²) in [6.07, 6.45) is 0.655. The average Bonchev–Trinajstić information content (AvgIpc) is 1.61. The first-order valence-corrected chi connectivity index (χ1v) is 3.80. The van der Waals surface area contributed by atoms with Gasteiger partial charge in [-0.3, -0.25) is 0 Å². The van der Waals surface area contributed by atoms with E-state index in [1.807, 2.05) is 6.07 Å². The van der Waals surface area contributed by atoms with Crippen LogP contribution in [0.4, 0.5) is 0 Å². The van der Waals surface area contributed by atoms with Crippen molar-refractivity contribution in [3.05, 3.63) is 0 Å². The fourth-order valence-corrected chi connectivity index (χ4v) is 0.543. The Hall–Kier alpha value is -0.333. The molecule has 2 nitrogen and oxygen atoms in total. The summed E-state index contributed by atoms with van der Waals surface area (Å²) in [5, 5.41) is 13.1. The first kappa shape index (κ1) is 5.67. The third-order valence-corrected chi connectivity index (χ3v) is 1.25. The van der Waals surface area contributed by atoms with Gasteiger partial charge in [0.15, 0.2) is 0 Å². The lowest BCUT2D eigenvalue weighted by atomic mass is 10.6. The second-order valence-electron chi connectivity index (χ2n) is 1.05. The second-order valence-corrected chi connectivity index (χ2v) is 2.33. The lowest BCUT2D eigenvalue weighted by Crippen LogP contribution is -2.01. The Bertz CT molecular complexity index is 56.3. The van der Waals surface area contributed by atoms with Crippen LogP contribution in [-0.2, 0) is 0 Å². The molecule has 0 fully saturated rings. The molecular formula is C3H8N2Si. The van der Waals surface area contributed by atoms with Crippen LogP contribution in [0.5, 0.6) is 0 Å². The van der Waals surface area contributed by atoms with E-state index in [1.165, 1.54) is 0 Å². The van der Waals surface area contributed by atoms with Gasteiger partial charge in [0.05, 0.1) is 15.8 Å². The Balaban J connectivity index is 2.54. The Morgan fingerprint density at radius 2 is 2.50 bits per heavy atom. The van der Waals surface area contributed by atoms with Crippen LogP contribution in [0.15, 0.2) is 0 Å². The molecule has 0 aromatic carbocycles. The number of nitrogens with zero attached hydrogens (tertiary/aromatic N) is 1. The zero-order valence-corrected chi connectivity index (χ0v) is 5.06. The van der Waals surface area contributed by atoms with Gasteiger partial charge in [0.25, 0.3) is 0 Å². The minimum absolute atomic E-state index is 0.320. The van der Waals surface area contributed by atoms with E-state index in [9.17, 15) is 0 Å². The molecule has 6 heavy (non-hydrogen) atoms. The first-order chi connectivity index (χ1) is 2.91. The molecular weight excluding hydrogens is 92.1 g/mol. The Kier molecular flexibility index (Phi) is 4.41. The van der Waals surface area contributed by atoms with E-state index in [0.29, 0.717) is 6.42 Å². The Labute approximate surface area is 39.9 Å². The molecule has 0 unspecified atom stereocenters. The smallest absolute Gasteiger partial charge is 0.0898 e. The summed E-state index contributed by atoms with van der Waals surface area (Å²) in [5.74, 6) is 0. The van der Waals surface area contributed by atoms with Crippen molar-refractivity contribution in [3.8, 4) is 6.07 Å². The fraction of sp³-hybridized carbons (Fsp3) is 0.667. The van der Waals surface area contributed by atoms with Crippen molar-refractivity contribution < 1.29 is 0 Å². The van der Waals surface area contributed by atoms with E-state index in [4.69, 9.17) is 10.7 Å². The Morgan fingerprint density at radius 3 is 2.67 bits per heavy atom. The van der Waals surface area contributed by atoms with E-state index < -0.39 is 0 Å². The van der Waals surface area contributed by atoms with Gasteiger partial charge in [-0.15, -0.1) is 0 Å². The predicted octanol–water partition coefficient (Wildman–Crippen LogP) is -0.639. The van der Waals surface area contributed by atoms with Gasteiger partial charge in [-0.25, -0.2) is 0 Å². The summed E-state index contributed by atoms with van der Waals surface area (Å²) >= 11 is 0. The molecule has 0 aliphatic carbocycles. The highest BCUT2D eigenvalue weighted by molar-refractivity contribution is 6.30. The first-order valence-electron chi connectivity index (χ1n) is 1.99. The summed E-state index contributed by atoms with van der Waals surface area (Å²) in [4.78, 5) is 0. The minimum Gasteiger partial charge on any atom is -0.356 e. The SMILES string of the molecule is N#CCC[SiH2]N. The summed E-state index contributed by atoms with van der Waals surface area (Å²) in [6.45, 7) is 0. The maximum absolute atomic E-state index is 7.91. The zero-order valence-electron chi connectivity index (χ0n) is 3.65. The highest BCUT2D eigenvalue weighted by Crippen LogP contribution is 1.78. The molecule has 3 heteroatoms. The quantitative estimate of drug-likeness (QED) is 0.371. The van der Waals surface area contributed by atoms with Crippen LogP contribution in [-0.4, -0.2) is 9.68 Å². The normalized spacial score (nSPS) is 9.33. The number of hydrogen-bond acceptors (Lipinski definition) is 2. The van der Waals surface area contributed by atoms with Crippen molar-refractivity contribution in [1.29, 1.82) is 5.26 Å². The molecule has 0 rings (SSSR count). The van der Waals surface area contributed by atoms with Gasteiger partial charge in [0.2, 0.25) is 0 Å². The van der Waals surface area contributed by atoms with Crippen LogP contribution in [0.2, 0.25) is 6.04 Å². The lowest BCUT2D eigenvalue weighted by molar-refractivity contribution is 1.20. The van der Waals surface area contributed by atoms with Crippen molar-refractivity contribution in [3.63, 3.8) is 0 Å². The molecule has 0 radical (unpaired) electrons. The van der Waals surface area contributed by atoms with Crippen molar-refractivity contribution in [2.75, 3.05) is 0 Å². The zero-order chi connectivity index (χ0) is 4.83. The van der Waals surface area contributed by atoms with Crippen molar-refractivity contribution >= 4 is 9.68 Å². The summed E-state index contributed by atoms with van der Waals surface area (Å²) < 4.78 is 0. The van der Waals surface area contributed by atoms with Crippen LogP contribution in [0, 0.1) is 11.3 Å². The highest BCUT2D eigenvalue weighted by Gasteiger charge is 1.75. The average molecular weight is 100 g/mol. The van der Waals surface area contributed by atoms with E-state index in [-0.39, 0.29) is 9.68 Å². The van der Waals surface area contributed by atoms with E-state index >= 15 is 0 Å². The summed E-state index contributed by atoms with van der Waals surface area (Å²) in [6, 6.07) is 2.99. The molecule has 0 saturated carbocycles. The van der Waals surface area contributed by atoms with Crippen molar-refractivity contribution in [1.82, 2.24) is 0 Å². The Morgan fingerprint density at radius 1 is 1.83 bits per heavy atom. The molecule has 0 heterocycles. The van der Waals surface area contributed by atoms with Crippen LogP contribution >= 0.6 is 0 Å². The van der Waals surface area contributed by atoms with Crippen LogP contribution < -0.4 is 5.40 Å². The molecule has 0 aromatic heterocycles. The lowest BCUT2D eigenvalue weighted by Gasteiger charge is -1.76. The molecule has 0 amide bonds. The highest BCUT2D eigenvalue weighted by atomic mass is 28.2. The van der Waals surface area contributed by atoms with E-state index in [2.05, 4.69) is 0 Å². The standard InChI is InChI=1S/C3H8N2Si/c4-2-1-3-6-5/h1,3,5-6H2. The molecule has 0 aromatic rings. The topological polar surface area (TPSA) is 49.8 Å². The van der Waals surface area contributed by atoms with Gasteiger partial charge in [-0.1, -0.05) is 0 Å². The maximum atomic E-state index is 7.91. The number of nitrogens with two attached hydrogens (primary N) is 1. The summed E-state index contributed by atoms with van der Waals surface area (Å²) in [7, 11) is -0.320. The maximum Gasteiger partial charge on any atom is 0.0898 e. The van der Waals surface area contributed by atoms with Gasteiger partial charge in [0, 0.05) is 6.42 Å². The molecule has 2 N–H and O–H groups in total. The predicted molar refractivity (Wildman–Crippen MR) is 27.8 cm³/mol. The third-order valence-electron chi connectivity index (χ3n) is 0.493. The van der Waals surface area contributed by atoms with Gasteiger partial charge >= 0.3 is 0 Å². The molecule has 0 saturated heterocycles. The van der Waals surface area contributed by atoms with Gasteiger partial charge in [0.1, 0.15) is 0 Å². The van der Waals surface area contributed by atoms with Crippen LogP contribution in [0.25, 0.3) is 0 Å². The molecule has 34 valence electrons. The van der Waals surface area contributed by atoms with Crippen molar-refractivity contribution in [2.45, 2.75) is 12.5 Å². The largest absolute Gasteiger partial charge is 0.356 e. The van der Waals surface area contributed by atoms with Crippen LogP contribution in [0.3, 0.4) is 0 Å². The fourth-order valence-electron chi connectivity index (χ4n) is 0.181. The van der Waals surface area contributed by atoms with Gasteiger partial charge < -0.3 is 5.40 Å². The third kappa shape index (κ3) is 3.67. The van der Waals surface area contributed by atoms with Gasteiger partial charge in [-0.05, 0) is 6.04 Å². The molecule has 0 spiro atoms. The second kappa shape index (κ2) is 4.67. The molecule has 0 bridgehead atoms. The molecule has 0 aliphatic heterocycles. The number of nitriles is 1. The molecule has 0 aliphatic rings. The van der Waals surface area contributed by atoms with Gasteiger partial charge in [-0.2, -0.15) is 5.26 Å². The monoisotopic (exact) mass is 100 g/mol.